The van der Waals surface area contributed by atoms with Gasteiger partial charge < -0.3 is 15.6 Å². The van der Waals surface area contributed by atoms with Crippen LogP contribution < -0.4 is 11.1 Å². The molecule has 0 amide bonds. The van der Waals surface area contributed by atoms with Gasteiger partial charge in [-0.1, -0.05) is 11.6 Å². The monoisotopic (exact) mass is 206 g/mol. The summed E-state index contributed by atoms with van der Waals surface area (Å²) >= 11 is 0. The molecule has 0 aliphatic carbocycles. The van der Waals surface area contributed by atoms with Gasteiger partial charge >= 0.3 is 0 Å². The molecule has 0 radical (unpaired) electrons. The van der Waals surface area contributed by atoms with Gasteiger partial charge in [-0.25, -0.2) is 4.98 Å². The zero-order valence-corrected chi connectivity index (χ0v) is 9.11. The van der Waals surface area contributed by atoms with Crippen molar-refractivity contribution in [1.29, 1.82) is 0 Å². The fourth-order valence-electron chi connectivity index (χ4n) is 1.90. The van der Waals surface area contributed by atoms with E-state index in [4.69, 9.17) is 5.73 Å². The van der Waals surface area contributed by atoms with Crippen LogP contribution in [-0.2, 0) is 13.5 Å². The second kappa shape index (κ2) is 4.59. The molecule has 0 aromatic carbocycles. The van der Waals surface area contributed by atoms with Gasteiger partial charge in [-0.05, 0) is 6.42 Å². The summed E-state index contributed by atoms with van der Waals surface area (Å²) in [6.45, 7) is 1.87. The van der Waals surface area contributed by atoms with Crippen LogP contribution in [0.25, 0.3) is 0 Å². The molecule has 82 valence electrons. The second-order valence-corrected chi connectivity index (χ2v) is 4.07. The fourth-order valence-corrected chi connectivity index (χ4v) is 1.90. The highest BCUT2D eigenvalue weighted by atomic mass is 15.0. The van der Waals surface area contributed by atoms with Crippen LogP contribution in [0.15, 0.2) is 24.0 Å². The van der Waals surface area contributed by atoms with E-state index in [1.54, 1.807) is 0 Å². The van der Waals surface area contributed by atoms with Crippen molar-refractivity contribution in [2.75, 3.05) is 13.1 Å². The molecule has 1 aliphatic heterocycles. The average Bonchev–Trinajstić information content (AvgIpc) is 2.61. The summed E-state index contributed by atoms with van der Waals surface area (Å²) in [5, 5.41) is 3.31. The number of imidazole rings is 1. The Hall–Kier alpha value is -1.13. The van der Waals surface area contributed by atoms with Crippen molar-refractivity contribution in [3.63, 3.8) is 0 Å². The molecule has 2 rings (SSSR count). The molecule has 0 fully saturated rings. The van der Waals surface area contributed by atoms with Gasteiger partial charge in [-0.3, -0.25) is 0 Å². The van der Waals surface area contributed by atoms with E-state index in [1.807, 2.05) is 19.4 Å². The number of nitrogens with zero attached hydrogens (tertiary/aromatic N) is 2. The zero-order valence-electron chi connectivity index (χ0n) is 9.11. The van der Waals surface area contributed by atoms with Gasteiger partial charge in [0, 0.05) is 45.0 Å². The quantitative estimate of drug-likeness (QED) is 0.695. The summed E-state index contributed by atoms with van der Waals surface area (Å²) in [7, 11) is 2.03. The van der Waals surface area contributed by atoms with Crippen LogP contribution in [0.3, 0.4) is 0 Å². The van der Waals surface area contributed by atoms with Crippen molar-refractivity contribution in [2.45, 2.75) is 18.9 Å². The summed E-state index contributed by atoms with van der Waals surface area (Å²) in [6.07, 6.45) is 8.04. The number of aromatic nitrogens is 2. The first-order chi connectivity index (χ1) is 7.25. The van der Waals surface area contributed by atoms with Gasteiger partial charge in [-0.2, -0.15) is 0 Å². The molecule has 0 saturated carbocycles. The van der Waals surface area contributed by atoms with E-state index in [1.165, 1.54) is 5.57 Å². The molecule has 0 spiro atoms. The lowest BCUT2D eigenvalue weighted by atomic mass is 10.0. The van der Waals surface area contributed by atoms with Crippen molar-refractivity contribution in [2.24, 2.45) is 12.8 Å². The SMILES string of the molecule is Cn1ccnc1CCC1=CC(N)CNC1. The molecular formula is C11H18N4. The lowest BCUT2D eigenvalue weighted by Crippen LogP contribution is -2.38. The number of rotatable bonds is 3. The first kappa shape index (κ1) is 10.4. The number of hydrogen-bond acceptors (Lipinski definition) is 3. The first-order valence-corrected chi connectivity index (χ1v) is 5.38. The first-order valence-electron chi connectivity index (χ1n) is 5.38. The van der Waals surface area contributed by atoms with E-state index in [0.717, 1.165) is 31.8 Å². The lowest BCUT2D eigenvalue weighted by molar-refractivity contribution is 0.614. The third-order valence-corrected chi connectivity index (χ3v) is 2.77. The molecule has 1 aromatic heterocycles. The summed E-state index contributed by atoms with van der Waals surface area (Å²) in [4.78, 5) is 4.30. The molecule has 15 heavy (non-hydrogen) atoms. The van der Waals surface area contributed by atoms with Crippen LogP contribution in [0, 0.1) is 0 Å². The minimum Gasteiger partial charge on any atom is -0.338 e. The Balaban J connectivity index is 1.91. The maximum atomic E-state index is 5.84. The Morgan fingerprint density at radius 3 is 3.13 bits per heavy atom. The maximum absolute atomic E-state index is 5.84. The van der Waals surface area contributed by atoms with E-state index >= 15 is 0 Å². The van der Waals surface area contributed by atoms with Gasteiger partial charge in [0.05, 0.1) is 0 Å². The van der Waals surface area contributed by atoms with Gasteiger partial charge in [0.15, 0.2) is 0 Å². The Kier molecular flexibility index (Phi) is 3.18. The Bertz CT molecular complexity index is 353. The van der Waals surface area contributed by atoms with Crippen molar-refractivity contribution in [1.82, 2.24) is 14.9 Å². The van der Waals surface area contributed by atoms with Gasteiger partial charge in [0.2, 0.25) is 0 Å². The van der Waals surface area contributed by atoms with Gasteiger partial charge in [0.1, 0.15) is 5.82 Å². The molecule has 1 aliphatic rings. The Labute approximate surface area is 90.2 Å². The summed E-state index contributed by atoms with van der Waals surface area (Å²) in [5.41, 5.74) is 7.24. The molecule has 0 saturated heterocycles. The van der Waals surface area contributed by atoms with Crippen LogP contribution in [0.4, 0.5) is 0 Å². The molecule has 1 unspecified atom stereocenters. The minimum absolute atomic E-state index is 0.176. The fraction of sp³-hybridized carbons (Fsp3) is 0.545. The molecule has 3 N–H and O–H groups in total. The van der Waals surface area contributed by atoms with Crippen molar-refractivity contribution >= 4 is 0 Å². The Morgan fingerprint density at radius 2 is 2.47 bits per heavy atom. The summed E-state index contributed by atoms with van der Waals surface area (Å²) in [6, 6.07) is 0.176. The van der Waals surface area contributed by atoms with E-state index in [2.05, 4.69) is 20.9 Å². The van der Waals surface area contributed by atoms with E-state index in [9.17, 15) is 0 Å². The topological polar surface area (TPSA) is 55.9 Å². The van der Waals surface area contributed by atoms with Crippen LogP contribution in [0.5, 0.6) is 0 Å². The van der Waals surface area contributed by atoms with Crippen molar-refractivity contribution in [3.8, 4) is 0 Å². The largest absolute Gasteiger partial charge is 0.338 e. The minimum atomic E-state index is 0.176. The predicted octanol–water partition coefficient (Wildman–Crippen LogP) is 0.210. The van der Waals surface area contributed by atoms with Crippen LogP contribution in [0.1, 0.15) is 12.2 Å². The highest BCUT2D eigenvalue weighted by Crippen LogP contribution is 2.09. The van der Waals surface area contributed by atoms with Crippen LogP contribution >= 0.6 is 0 Å². The van der Waals surface area contributed by atoms with Gasteiger partial charge in [-0.15, -0.1) is 0 Å². The standard InChI is InChI=1S/C11H18N4/c1-15-5-4-14-11(15)3-2-9-6-10(12)8-13-7-9/h4-6,10,13H,2-3,7-8,12H2,1H3. The van der Waals surface area contributed by atoms with E-state index in [0.29, 0.717) is 0 Å². The number of nitrogens with two attached hydrogens (primary N) is 1. The summed E-state index contributed by atoms with van der Waals surface area (Å²) < 4.78 is 2.07. The Morgan fingerprint density at radius 1 is 1.60 bits per heavy atom. The highest BCUT2D eigenvalue weighted by Gasteiger charge is 2.09. The molecule has 0 bridgehead atoms. The van der Waals surface area contributed by atoms with E-state index < -0.39 is 0 Å². The van der Waals surface area contributed by atoms with Gasteiger partial charge in [0.25, 0.3) is 0 Å². The lowest BCUT2D eigenvalue weighted by Gasteiger charge is -2.19. The summed E-state index contributed by atoms with van der Waals surface area (Å²) in [5.74, 6) is 1.13. The van der Waals surface area contributed by atoms with Crippen molar-refractivity contribution < 1.29 is 0 Å². The molecule has 4 nitrogen and oxygen atoms in total. The highest BCUT2D eigenvalue weighted by molar-refractivity contribution is 5.13. The van der Waals surface area contributed by atoms with Crippen LogP contribution in [-0.4, -0.2) is 28.7 Å². The van der Waals surface area contributed by atoms with Crippen LogP contribution in [0.2, 0.25) is 0 Å². The molecule has 1 aromatic rings. The smallest absolute Gasteiger partial charge is 0.108 e. The number of nitrogens with one attached hydrogen (secondary N) is 1. The third kappa shape index (κ3) is 2.67. The maximum Gasteiger partial charge on any atom is 0.108 e. The third-order valence-electron chi connectivity index (χ3n) is 2.77. The molecule has 1 atom stereocenters. The normalized spacial score (nSPS) is 21.5. The van der Waals surface area contributed by atoms with Crippen molar-refractivity contribution in [3.05, 3.63) is 29.9 Å². The molecular weight excluding hydrogens is 188 g/mol. The average molecular weight is 206 g/mol. The molecule has 4 heteroatoms. The zero-order chi connectivity index (χ0) is 10.7. The van der Waals surface area contributed by atoms with E-state index in [-0.39, 0.29) is 6.04 Å². The predicted molar refractivity (Wildman–Crippen MR) is 60.5 cm³/mol. The number of aryl methyl sites for hydroxylation is 2. The molecule has 2 heterocycles. The second-order valence-electron chi connectivity index (χ2n) is 4.07. The number of hydrogen-bond donors (Lipinski definition) is 2.